The van der Waals surface area contributed by atoms with Crippen LogP contribution in [0.3, 0.4) is 0 Å². The lowest BCUT2D eigenvalue weighted by molar-refractivity contribution is 0.280. The molecule has 1 aliphatic carbocycles. The van der Waals surface area contributed by atoms with Crippen LogP contribution < -0.4 is 5.32 Å². The molecule has 0 bridgehead atoms. The summed E-state index contributed by atoms with van der Waals surface area (Å²) in [5, 5.41) is 17.4. The van der Waals surface area contributed by atoms with Gasteiger partial charge in [0.25, 0.3) is 0 Å². The standard InChI is InChI=1S/C16H21N3O/c1-19-16-8-4-7-15(14(16)10-18-19)17-9-12-5-2-3-6-13(12)11-20/h2-3,5-6,10,15,17,20H,4,7-9,11H2,1H3. The minimum Gasteiger partial charge on any atom is -0.392 e. The number of rotatable bonds is 4. The lowest BCUT2D eigenvalue weighted by Gasteiger charge is -2.24. The molecule has 1 unspecified atom stereocenters. The third-order valence-corrected chi connectivity index (χ3v) is 4.20. The number of hydrogen-bond donors (Lipinski definition) is 2. The molecule has 1 atom stereocenters. The van der Waals surface area contributed by atoms with Gasteiger partial charge in [-0.3, -0.25) is 4.68 Å². The van der Waals surface area contributed by atoms with Crippen molar-refractivity contribution in [2.45, 2.75) is 38.5 Å². The van der Waals surface area contributed by atoms with Gasteiger partial charge in [0.15, 0.2) is 0 Å². The number of nitrogens with one attached hydrogen (secondary N) is 1. The van der Waals surface area contributed by atoms with Crippen LogP contribution in [0.1, 0.15) is 41.3 Å². The summed E-state index contributed by atoms with van der Waals surface area (Å²) >= 11 is 0. The minimum absolute atomic E-state index is 0.0979. The molecule has 2 aromatic rings. The minimum atomic E-state index is 0.0979. The van der Waals surface area contributed by atoms with Crippen LogP contribution in [0.25, 0.3) is 0 Å². The number of aliphatic hydroxyl groups is 1. The number of aromatic nitrogens is 2. The van der Waals surface area contributed by atoms with Crippen LogP contribution >= 0.6 is 0 Å². The van der Waals surface area contributed by atoms with E-state index in [4.69, 9.17) is 0 Å². The van der Waals surface area contributed by atoms with E-state index in [1.165, 1.54) is 23.2 Å². The van der Waals surface area contributed by atoms with Gasteiger partial charge in [0.05, 0.1) is 12.8 Å². The molecule has 3 rings (SSSR count). The van der Waals surface area contributed by atoms with Crippen molar-refractivity contribution >= 4 is 0 Å². The van der Waals surface area contributed by atoms with E-state index in [9.17, 15) is 5.11 Å². The molecule has 4 heteroatoms. The Kier molecular flexibility index (Phi) is 3.85. The number of fused-ring (bicyclic) bond motifs is 1. The average Bonchev–Trinajstić information content (AvgIpc) is 2.88. The molecular formula is C16H21N3O. The first-order valence-electron chi connectivity index (χ1n) is 7.21. The highest BCUT2D eigenvalue weighted by Gasteiger charge is 2.22. The molecule has 106 valence electrons. The molecule has 2 N–H and O–H groups in total. The summed E-state index contributed by atoms with van der Waals surface area (Å²) in [5.41, 5.74) is 4.86. The first-order chi connectivity index (χ1) is 9.79. The number of nitrogens with zero attached hydrogens (tertiary/aromatic N) is 2. The first-order valence-corrected chi connectivity index (χ1v) is 7.21. The van der Waals surface area contributed by atoms with Gasteiger partial charge in [-0.2, -0.15) is 5.10 Å². The third kappa shape index (κ3) is 2.49. The van der Waals surface area contributed by atoms with Crippen molar-refractivity contribution in [2.75, 3.05) is 0 Å². The molecule has 1 aromatic heterocycles. The molecule has 0 spiro atoms. The van der Waals surface area contributed by atoms with Crippen LogP contribution in [0.5, 0.6) is 0 Å². The van der Waals surface area contributed by atoms with Crippen LogP contribution in [-0.4, -0.2) is 14.9 Å². The molecule has 0 fully saturated rings. The second kappa shape index (κ2) is 5.77. The van der Waals surface area contributed by atoms with Crippen LogP contribution in [-0.2, 0) is 26.6 Å². The van der Waals surface area contributed by atoms with Gasteiger partial charge < -0.3 is 10.4 Å². The van der Waals surface area contributed by atoms with Gasteiger partial charge in [0.2, 0.25) is 0 Å². The van der Waals surface area contributed by atoms with Crippen LogP contribution in [0, 0.1) is 0 Å². The fourth-order valence-electron chi connectivity index (χ4n) is 3.04. The van der Waals surface area contributed by atoms with E-state index in [0.717, 1.165) is 24.9 Å². The predicted molar refractivity (Wildman–Crippen MR) is 78.1 cm³/mol. The van der Waals surface area contributed by atoms with E-state index in [1.807, 2.05) is 36.1 Å². The van der Waals surface area contributed by atoms with Crippen molar-refractivity contribution in [2.24, 2.45) is 7.05 Å². The van der Waals surface area contributed by atoms with Crippen LogP contribution in [0.15, 0.2) is 30.5 Å². The molecule has 0 amide bonds. The Labute approximate surface area is 119 Å². The highest BCUT2D eigenvalue weighted by Crippen LogP contribution is 2.29. The van der Waals surface area contributed by atoms with E-state index >= 15 is 0 Å². The summed E-state index contributed by atoms with van der Waals surface area (Å²) in [5.74, 6) is 0. The lowest BCUT2D eigenvalue weighted by atomic mass is 9.92. The van der Waals surface area contributed by atoms with Crippen molar-refractivity contribution in [3.8, 4) is 0 Å². The van der Waals surface area contributed by atoms with Crippen LogP contribution in [0.2, 0.25) is 0 Å². The summed E-state index contributed by atoms with van der Waals surface area (Å²) in [6, 6.07) is 8.42. The molecule has 1 heterocycles. The molecule has 0 radical (unpaired) electrons. The molecule has 1 aromatic carbocycles. The van der Waals surface area contributed by atoms with Crippen molar-refractivity contribution in [1.82, 2.24) is 15.1 Å². The second-order valence-electron chi connectivity index (χ2n) is 5.42. The maximum Gasteiger partial charge on any atom is 0.0685 e. The highest BCUT2D eigenvalue weighted by atomic mass is 16.3. The van der Waals surface area contributed by atoms with Crippen LogP contribution in [0.4, 0.5) is 0 Å². The summed E-state index contributed by atoms with van der Waals surface area (Å²) in [4.78, 5) is 0. The largest absolute Gasteiger partial charge is 0.392 e. The maximum atomic E-state index is 9.38. The third-order valence-electron chi connectivity index (χ3n) is 4.20. The summed E-state index contributed by atoms with van der Waals surface area (Å²) in [7, 11) is 2.02. The lowest BCUT2D eigenvalue weighted by Crippen LogP contribution is -2.25. The molecule has 1 aliphatic rings. The fraction of sp³-hybridized carbons (Fsp3) is 0.438. The molecule has 20 heavy (non-hydrogen) atoms. The maximum absolute atomic E-state index is 9.38. The smallest absolute Gasteiger partial charge is 0.0685 e. The number of aryl methyl sites for hydroxylation is 1. The van der Waals surface area contributed by atoms with Gasteiger partial charge in [0, 0.05) is 30.9 Å². The summed E-state index contributed by atoms with van der Waals surface area (Å²) in [6.45, 7) is 0.885. The molecule has 0 saturated carbocycles. The predicted octanol–water partition coefficient (Wildman–Crippen LogP) is 2.08. The summed E-state index contributed by atoms with van der Waals surface area (Å²) < 4.78 is 1.99. The Hall–Kier alpha value is -1.65. The SMILES string of the molecule is Cn1ncc2c1CCCC2NCc1ccccc1CO. The fourth-order valence-corrected chi connectivity index (χ4v) is 3.04. The Bertz CT molecular complexity index is 591. The number of aliphatic hydroxyl groups excluding tert-OH is 1. The van der Waals surface area contributed by atoms with Gasteiger partial charge >= 0.3 is 0 Å². The highest BCUT2D eigenvalue weighted by molar-refractivity contribution is 5.28. The van der Waals surface area contributed by atoms with Crippen molar-refractivity contribution in [3.05, 3.63) is 52.8 Å². The molecule has 0 aliphatic heterocycles. The Morgan fingerprint density at radius 1 is 1.35 bits per heavy atom. The zero-order chi connectivity index (χ0) is 13.9. The molecule has 0 saturated heterocycles. The second-order valence-corrected chi connectivity index (χ2v) is 5.42. The van der Waals surface area contributed by atoms with E-state index < -0.39 is 0 Å². The van der Waals surface area contributed by atoms with Crippen molar-refractivity contribution in [1.29, 1.82) is 0 Å². The normalized spacial score (nSPS) is 18.0. The quantitative estimate of drug-likeness (QED) is 0.895. The van der Waals surface area contributed by atoms with Gasteiger partial charge in [0.1, 0.15) is 0 Å². The number of hydrogen-bond acceptors (Lipinski definition) is 3. The average molecular weight is 271 g/mol. The number of benzene rings is 1. The van der Waals surface area contributed by atoms with Gasteiger partial charge in [-0.15, -0.1) is 0 Å². The Morgan fingerprint density at radius 3 is 2.95 bits per heavy atom. The van der Waals surface area contributed by atoms with Gasteiger partial charge in [-0.05, 0) is 30.4 Å². The van der Waals surface area contributed by atoms with Crippen molar-refractivity contribution < 1.29 is 5.11 Å². The van der Waals surface area contributed by atoms with E-state index in [1.54, 1.807) is 0 Å². The van der Waals surface area contributed by atoms with Gasteiger partial charge in [-0.1, -0.05) is 24.3 Å². The Morgan fingerprint density at radius 2 is 2.15 bits per heavy atom. The van der Waals surface area contributed by atoms with E-state index in [-0.39, 0.29) is 6.61 Å². The first kappa shape index (κ1) is 13.3. The van der Waals surface area contributed by atoms with Crippen molar-refractivity contribution in [3.63, 3.8) is 0 Å². The van der Waals surface area contributed by atoms with E-state index in [0.29, 0.717) is 6.04 Å². The molecular weight excluding hydrogens is 250 g/mol. The summed E-state index contributed by atoms with van der Waals surface area (Å²) in [6.07, 6.45) is 5.47. The van der Waals surface area contributed by atoms with E-state index in [2.05, 4.69) is 16.5 Å². The Balaban J connectivity index is 1.73. The molecule has 4 nitrogen and oxygen atoms in total. The monoisotopic (exact) mass is 271 g/mol. The zero-order valence-electron chi connectivity index (χ0n) is 11.8. The topological polar surface area (TPSA) is 50.1 Å². The van der Waals surface area contributed by atoms with Gasteiger partial charge in [-0.25, -0.2) is 0 Å². The zero-order valence-corrected chi connectivity index (χ0v) is 11.8.